The number of ether oxygens (including phenoxy) is 5. The van der Waals surface area contributed by atoms with Gasteiger partial charge in [-0.15, -0.1) is 0 Å². The van der Waals surface area contributed by atoms with Gasteiger partial charge in [0.25, 0.3) is 0 Å². The Bertz CT molecular complexity index is 1770. The van der Waals surface area contributed by atoms with Crippen LogP contribution in [0.4, 0.5) is 11.6 Å². The van der Waals surface area contributed by atoms with Crippen LogP contribution in [-0.2, 0) is 23.7 Å². The van der Waals surface area contributed by atoms with Crippen LogP contribution in [0.5, 0.6) is 0 Å². The Morgan fingerprint density at radius 2 is 1.07 bits per heavy atom. The molecular weight excluding hydrogens is 895 g/mol. The summed E-state index contributed by atoms with van der Waals surface area (Å²) >= 11 is 40.1. The second-order valence-electron chi connectivity index (χ2n) is 10.9. The van der Waals surface area contributed by atoms with Crippen LogP contribution in [0.25, 0.3) is 0 Å². The monoisotopic (exact) mass is 929 g/mol. The lowest BCUT2D eigenvalue weighted by Gasteiger charge is -2.16. The van der Waals surface area contributed by atoms with Crippen LogP contribution in [0, 0.1) is 0 Å². The van der Waals surface area contributed by atoms with E-state index >= 15 is 0 Å². The highest BCUT2D eigenvalue weighted by Gasteiger charge is 2.24. The van der Waals surface area contributed by atoms with Crippen LogP contribution in [0.3, 0.4) is 0 Å². The summed E-state index contributed by atoms with van der Waals surface area (Å²) in [7, 11) is 3.64. The molecule has 0 bridgehead atoms. The Labute approximate surface area is 356 Å². The summed E-state index contributed by atoms with van der Waals surface area (Å²) in [6.45, 7) is 7.05. The van der Waals surface area contributed by atoms with Crippen LogP contribution in [-0.4, -0.2) is 137 Å². The lowest BCUT2D eigenvalue weighted by atomic mass is 10.3. The molecule has 3 aromatic heterocycles. The van der Waals surface area contributed by atoms with Gasteiger partial charge in [-0.05, 0) is 55.6 Å². The number of halogens is 7. The number of anilines is 2. The number of hydrogen-bond acceptors (Lipinski definition) is 19. The smallest absolute Gasteiger partial charge is 0.358 e. The average Bonchev–Trinajstić information content (AvgIpc) is 3.99. The second-order valence-corrected chi connectivity index (χ2v) is 13.4. The maximum Gasteiger partial charge on any atom is 0.358 e. The van der Waals surface area contributed by atoms with Crippen LogP contribution in [0.2, 0.25) is 36.1 Å². The fourth-order valence-corrected chi connectivity index (χ4v) is 4.53. The Kier molecular flexibility index (Phi) is 23.9. The van der Waals surface area contributed by atoms with E-state index in [-0.39, 0.29) is 102 Å². The van der Waals surface area contributed by atoms with Crippen LogP contribution >= 0.6 is 81.2 Å². The minimum absolute atomic E-state index is 0.00144. The zero-order chi connectivity index (χ0) is 42.7. The highest BCUT2D eigenvalue weighted by atomic mass is 35.5. The molecule has 1 aliphatic heterocycles. The fraction of sp³-hybridized carbons (Fsp3) is 0.500. The molecular formula is C30H38Cl7N9O10. The van der Waals surface area contributed by atoms with Gasteiger partial charge in [0.15, 0.2) is 33.9 Å². The first-order valence-electron chi connectivity index (χ1n) is 15.6. The predicted octanol–water partition coefficient (Wildman–Crippen LogP) is 4.70. The molecule has 0 amide bonds. The largest absolute Gasteiger partial charge is 0.464 e. The van der Waals surface area contributed by atoms with Gasteiger partial charge in [-0.3, -0.25) is 0 Å². The van der Waals surface area contributed by atoms with Crippen LogP contribution in [0.15, 0.2) is 0 Å². The van der Waals surface area contributed by atoms with Crippen molar-refractivity contribution >= 4 is 111 Å². The van der Waals surface area contributed by atoms with Gasteiger partial charge in [0.05, 0.1) is 54.4 Å². The molecule has 3 aromatic rings. The Morgan fingerprint density at radius 3 is 1.43 bits per heavy atom. The van der Waals surface area contributed by atoms with E-state index in [1.165, 1.54) is 21.3 Å². The van der Waals surface area contributed by atoms with Crippen molar-refractivity contribution in [1.82, 2.24) is 29.9 Å². The number of hydrogen-bond donors (Lipinski definition) is 5. The van der Waals surface area contributed by atoms with Gasteiger partial charge in [-0.2, -0.15) is 9.97 Å². The van der Waals surface area contributed by atoms with Crippen LogP contribution in [0.1, 0.15) is 52.2 Å². The van der Waals surface area contributed by atoms with E-state index in [0.717, 1.165) is 6.61 Å². The molecule has 0 saturated carbocycles. The van der Waals surface area contributed by atoms with E-state index in [2.05, 4.69) is 54.7 Å². The first-order valence-corrected chi connectivity index (χ1v) is 18.3. The highest BCUT2D eigenvalue weighted by molar-refractivity contribution is 6.43. The van der Waals surface area contributed by atoms with Crippen molar-refractivity contribution in [3.05, 3.63) is 53.2 Å². The predicted molar refractivity (Wildman–Crippen MR) is 210 cm³/mol. The molecule has 4 atom stereocenters. The summed E-state index contributed by atoms with van der Waals surface area (Å²) < 4.78 is 24.0. The molecule has 26 heteroatoms. The minimum atomic E-state index is -0.712. The van der Waals surface area contributed by atoms with Crippen molar-refractivity contribution in [2.24, 2.45) is 5.73 Å². The Hall–Kier alpha value is -2.92. The third kappa shape index (κ3) is 18.1. The molecule has 19 nitrogen and oxygen atoms in total. The lowest BCUT2D eigenvalue weighted by molar-refractivity contribution is 0.0585. The number of nitrogens with two attached hydrogens (primary N) is 1. The van der Waals surface area contributed by atoms with Gasteiger partial charge in [-0.25, -0.2) is 34.3 Å². The summed E-state index contributed by atoms with van der Waals surface area (Å²) in [5, 5.41) is 22.3. The standard InChI is InChI=1S/C12H15Cl2N3O4.C9H11Cl2N3O3.C6H3Cl3N2O2.C3H9NO/c1-6(3-20-4-7-5-21-7)15-10-8(13)9(11(18)19-2)16-12(14)17-10;1-4(3-15)12-7-5(10)6(8(16)17-2)13-9(11)14-7;1-13-5(12)3-2(7)4(8)11-6(9)10-3;1-3(4)2-5/h6-7H,3-5H2,1-2H3,(H,15,16,17);4,15H,3H2,1-2H3,(H,12,13,14);1H3;3,5H,2,4H2,1H3/t6-,7-;4-;;3-/m11.1/s1. The molecule has 0 radical (unpaired) electrons. The number of esters is 3. The third-order valence-corrected chi connectivity index (χ3v) is 7.92. The van der Waals surface area contributed by atoms with Crippen molar-refractivity contribution in [2.75, 3.05) is 65.0 Å². The van der Waals surface area contributed by atoms with Crippen LogP contribution < -0.4 is 16.4 Å². The highest BCUT2D eigenvalue weighted by Crippen LogP contribution is 2.27. The van der Waals surface area contributed by atoms with E-state index in [1.807, 2.05) is 6.92 Å². The van der Waals surface area contributed by atoms with Crippen molar-refractivity contribution in [3.8, 4) is 0 Å². The quantitative estimate of drug-likeness (QED) is 0.0511. The van der Waals surface area contributed by atoms with E-state index < -0.39 is 17.9 Å². The summed E-state index contributed by atoms with van der Waals surface area (Å²) in [5.74, 6) is -1.67. The molecule has 4 rings (SSSR count). The number of methoxy groups -OCH3 is 3. The van der Waals surface area contributed by atoms with Gasteiger partial charge in [-0.1, -0.05) is 46.4 Å². The summed E-state index contributed by atoms with van der Waals surface area (Å²) in [4.78, 5) is 56.3. The molecule has 1 aliphatic rings. The SMILES string of the molecule is COC(=O)c1nc(Cl)nc(Cl)c1Cl.COC(=O)c1nc(Cl)nc(N[C@H](C)CO)c1Cl.COC(=O)c1nc(Cl)nc(N[C@H](C)COC[C@@H]2CO2)c1Cl.C[C@@H](N)CO. The summed E-state index contributed by atoms with van der Waals surface area (Å²) in [6, 6.07) is -0.434. The molecule has 4 heterocycles. The van der Waals surface area contributed by atoms with Gasteiger partial charge in [0, 0.05) is 18.1 Å². The van der Waals surface area contributed by atoms with Gasteiger partial charge >= 0.3 is 17.9 Å². The molecule has 0 aliphatic carbocycles. The molecule has 312 valence electrons. The van der Waals surface area contributed by atoms with Crippen molar-refractivity contribution < 1.29 is 48.3 Å². The molecule has 56 heavy (non-hydrogen) atoms. The number of aromatic nitrogens is 6. The number of aliphatic hydroxyl groups excluding tert-OH is 2. The van der Waals surface area contributed by atoms with E-state index in [4.69, 9.17) is 107 Å². The molecule has 1 saturated heterocycles. The summed E-state index contributed by atoms with van der Waals surface area (Å²) in [6.07, 6.45) is 0.209. The molecule has 0 aromatic carbocycles. The molecule has 6 N–H and O–H groups in total. The number of epoxide rings is 1. The Morgan fingerprint density at radius 1 is 0.696 bits per heavy atom. The lowest BCUT2D eigenvalue weighted by Crippen LogP contribution is -2.24. The number of carbonyl (C=O) groups excluding carboxylic acids is 3. The number of nitrogens with zero attached hydrogens (tertiary/aromatic N) is 6. The zero-order valence-corrected chi connectivity index (χ0v) is 35.7. The molecule has 1 fully saturated rings. The average molecular weight is 933 g/mol. The molecule has 0 unspecified atom stereocenters. The van der Waals surface area contributed by atoms with E-state index in [9.17, 15) is 14.4 Å². The van der Waals surface area contributed by atoms with Gasteiger partial charge in [0.2, 0.25) is 15.9 Å². The Balaban J connectivity index is 0.000000405. The summed E-state index contributed by atoms with van der Waals surface area (Å²) in [5.41, 5.74) is 4.69. The third-order valence-electron chi connectivity index (χ3n) is 5.97. The number of rotatable bonds is 13. The number of nitrogens with one attached hydrogen (secondary N) is 2. The zero-order valence-electron chi connectivity index (χ0n) is 30.4. The second kappa shape index (κ2) is 26.2. The molecule has 0 spiro atoms. The first-order chi connectivity index (χ1) is 26.3. The van der Waals surface area contributed by atoms with E-state index in [1.54, 1.807) is 13.8 Å². The van der Waals surface area contributed by atoms with Crippen molar-refractivity contribution in [1.29, 1.82) is 0 Å². The topological polar surface area (TPSA) is 269 Å². The minimum Gasteiger partial charge on any atom is -0.464 e. The van der Waals surface area contributed by atoms with Gasteiger partial charge in [0.1, 0.15) is 21.2 Å². The maximum atomic E-state index is 11.6. The normalized spacial score (nSPS) is 14.1. The van der Waals surface area contributed by atoms with Crippen molar-refractivity contribution in [3.63, 3.8) is 0 Å². The maximum absolute atomic E-state index is 11.6. The number of carbonyl (C=O) groups is 3. The van der Waals surface area contributed by atoms with Gasteiger partial charge < -0.3 is 50.3 Å². The number of aliphatic hydroxyl groups is 2. The fourth-order valence-electron chi connectivity index (χ4n) is 3.22. The van der Waals surface area contributed by atoms with E-state index in [0.29, 0.717) is 13.2 Å². The first kappa shape index (κ1) is 51.1. The van der Waals surface area contributed by atoms with Crippen molar-refractivity contribution in [2.45, 2.75) is 45.0 Å².